The van der Waals surface area contributed by atoms with Crippen molar-refractivity contribution in [2.45, 2.75) is 20.8 Å². The second kappa shape index (κ2) is 9.60. The first-order valence-electron chi connectivity index (χ1n) is 8.68. The molecule has 0 bridgehead atoms. The maximum atomic E-state index is 2.36. The molecule has 0 saturated heterocycles. The smallest absolute Gasteiger partial charge is 0.0138 e. The highest BCUT2D eigenvalue weighted by molar-refractivity contribution is 7.58. The maximum Gasteiger partial charge on any atom is -0.0138 e. The van der Waals surface area contributed by atoms with E-state index in [1.165, 1.54) is 29.6 Å². The summed E-state index contributed by atoms with van der Waals surface area (Å²) in [4.78, 5) is 0. The van der Waals surface area contributed by atoms with Gasteiger partial charge in [0.1, 0.15) is 0 Å². The average Bonchev–Trinajstić information content (AvgIpc) is 2.55. The summed E-state index contributed by atoms with van der Waals surface area (Å²) >= 11 is 0. The number of hydrogen-bond acceptors (Lipinski definition) is 0. The van der Waals surface area contributed by atoms with E-state index in [-0.39, 0.29) is 7.92 Å². The molecule has 2 aromatic carbocycles. The molecule has 0 radical (unpaired) electrons. The summed E-state index contributed by atoms with van der Waals surface area (Å²) in [7, 11) is -0.0148. The fourth-order valence-corrected chi connectivity index (χ4v) is 5.23. The second-order valence-corrected chi connectivity index (χ2v) is 9.77. The Labute approximate surface area is 149 Å². The first kappa shape index (κ1) is 18.7. The lowest BCUT2D eigenvalue weighted by molar-refractivity contribution is 0.477. The Balaban J connectivity index is 1.94. The van der Waals surface area contributed by atoms with E-state index in [2.05, 4.69) is 106 Å². The normalized spacial score (nSPS) is 12.5. The highest BCUT2D eigenvalue weighted by Gasteiger charge is 2.16. The largest absolute Gasteiger partial charge is 0.0984 e. The molecule has 0 nitrogen and oxygen atoms in total. The Kier molecular flexibility index (Phi) is 7.47. The van der Waals surface area contributed by atoms with Crippen molar-refractivity contribution in [2.24, 2.45) is 5.41 Å². The Bertz CT molecular complexity index is 581. The molecule has 0 N–H and O–H groups in total. The summed E-state index contributed by atoms with van der Waals surface area (Å²) in [5.74, 6) is 0. The van der Waals surface area contributed by atoms with Gasteiger partial charge in [-0.25, -0.2) is 0 Å². The van der Waals surface area contributed by atoms with Crippen molar-refractivity contribution in [1.82, 2.24) is 0 Å². The van der Waals surface area contributed by atoms with Gasteiger partial charge in [0.25, 0.3) is 0 Å². The van der Waals surface area contributed by atoms with Gasteiger partial charge in [-0.05, 0) is 35.0 Å². The first-order valence-corrected chi connectivity index (χ1v) is 10.6. The van der Waals surface area contributed by atoms with Gasteiger partial charge in [-0.3, -0.25) is 0 Å². The third kappa shape index (κ3) is 7.75. The van der Waals surface area contributed by atoms with Crippen molar-refractivity contribution in [2.75, 3.05) is 18.5 Å². The quantitative estimate of drug-likeness (QED) is 0.480. The van der Waals surface area contributed by atoms with Gasteiger partial charge < -0.3 is 0 Å². The van der Waals surface area contributed by atoms with E-state index in [1.54, 1.807) is 0 Å². The molecule has 0 atom stereocenters. The number of allylic oxidation sites excluding steroid dienone is 2. The van der Waals surface area contributed by atoms with Crippen LogP contribution in [0, 0.1) is 5.41 Å². The minimum Gasteiger partial charge on any atom is -0.0984 e. The molecule has 0 aliphatic rings. The van der Waals surface area contributed by atoms with Gasteiger partial charge in [0.05, 0.1) is 0 Å². The fourth-order valence-electron chi connectivity index (χ4n) is 2.68. The van der Waals surface area contributed by atoms with Crippen molar-refractivity contribution in [3.63, 3.8) is 0 Å². The summed E-state index contributed by atoms with van der Waals surface area (Å²) in [6, 6.07) is 21.2. The zero-order valence-electron chi connectivity index (χ0n) is 15.2. The van der Waals surface area contributed by atoms with Gasteiger partial charge in [-0.2, -0.15) is 0 Å². The van der Waals surface area contributed by atoms with Crippen molar-refractivity contribution in [1.29, 1.82) is 0 Å². The zero-order chi connectivity index (χ0) is 17.3. The summed E-state index contributed by atoms with van der Waals surface area (Å²) in [6.45, 7) is 7.05. The molecular formula is C23H29P. The molecule has 1 heteroatoms. The van der Waals surface area contributed by atoms with Crippen molar-refractivity contribution < 1.29 is 0 Å². The van der Waals surface area contributed by atoms with Crippen LogP contribution in [0.4, 0.5) is 0 Å². The van der Waals surface area contributed by atoms with Crippen LogP contribution in [0.25, 0.3) is 12.2 Å². The van der Waals surface area contributed by atoms with Crippen molar-refractivity contribution >= 4 is 20.1 Å². The Hall–Kier alpha value is -1.65. The molecule has 2 rings (SSSR count). The lowest BCUT2D eigenvalue weighted by Gasteiger charge is -2.25. The molecule has 0 aliphatic carbocycles. The Morgan fingerprint density at radius 2 is 1.12 bits per heavy atom. The van der Waals surface area contributed by atoms with Crippen LogP contribution in [-0.4, -0.2) is 18.5 Å². The molecule has 0 heterocycles. The van der Waals surface area contributed by atoms with E-state index in [1.807, 2.05) is 0 Å². The Morgan fingerprint density at radius 3 is 1.50 bits per heavy atom. The molecule has 0 fully saturated rings. The third-order valence-corrected chi connectivity index (χ3v) is 6.50. The van der Waals surface area contributed by atoms with Crippen LogP contribution in [-0.2, 0) is 0 Å². The maximum absolute atomic E-state index is 2.36. The molecule has 0 amide bonds. The van der Waals surface area contributed by atoms with Crippen LogP contribution in [0.15, 0.2) is 72.8 Å². The summed E-state index contributed by atoms with van der Waals surface area (Å²) in [6.07, 6.45) is 13.0. The van der Waals surface area contributed by atoms with Crippen LogP contribution in [0.1, 0.15) is 31.9 Å². The SMILES string of the molecule is CC(C)(C)CP(C/C=C/c1ccccc1)C/C=C/c1ccccc1. The molecule has 0 spiro atoms. The van der Waals surface area contributed by atoms with E-state index in [0.29, 0.717) is 5.41 Å². The highest BCUT2D eigenvalue weighted by atomic mass is 31.1. The van der Waals surface area contributed by atoms with Gasteiger partial charge in [0, 0.05) is 0 Å². The molecule has 0 aliphatic heterocycles. The van der Waals surface area contributed by atoms with Crippen molar-refractivity contribution in [3.05, 3.63) is 83.9 Å². The minimum absolute atomic E-state index is 0.0148. The van der Waals surface area contributed by atoms with Crippen LogP contribution in [0.3, 0.4) is 0 Å². The lowest BCUT2D eigenvalue weighted by Crippen LogP contribution is -2.11. The molecule has 0 unspecified atom stereocenters. The molecule has 126 valence electrons. The zero-order valence-corrected chi connectivity index (χ0v) is 16.0. The predicted molar refractivity (Wildman–Crippen MR) is 112 cm³/mol. The number of rotatable bonds is 7. The number of hydrogen-bond donors (Lipinski definition) is 0. The molecule has 2 aromatic rings. The Morgan fingerprint density at radius 1 is 0.708 bits per heavy atom. The van der Waals surface area contributed by atoms with Crippen molar-refractivity contribution in [3.8, 4) is 0 Å². The van der Waals surface area contributed by atoms with E-state index >= 15 is 0 Å². The fraction of sp³-hybridized carbons (Fsp3) is 0.304. The van der Waals surface area contributed by atoms with E-state index in [4.69, 9.17) is 0 Å². The second-order valence-electron chi connectivity index (χ2n) is 7.38. The molecular weight excluding hydrogens is 307 g/mol. The van der Waals surface area contributed by atoms with Gasteiger partial charge in [0.2, 0.25) is 0 Å². The van der Waals surface area contributed by atoms with Crippen LogP contribution in [0.5, 0.6) is 0 Å². The summed E-state index contributed by atoms with van der Waals surface area (Å²) in [5, 5.41) is 0. The summed E-state index contributed by atoms with van der Waals surface area (Å²) in [5.41, 5.74) is 2.98. The monoisotopic (exact) mass is 336 g/mol. The van der Waals surface area contributed by atoms with E-state index in [9.17, 15) is 0 Å². The molecule has 0 saturated carbocycles. The van der Waals surface area contributed by atoms with Gasteiger partial charge in [-0.1, -0.05) is 114 Å². The topological polar surface area (TPSA) is 0 Å². The minimum atomic E-state index is -0.0148. The van der Waals surface area contributed by atoms with Gasteiger partial charge in [0.15, 0.2) is 0 Å². The van der Waals surface area contributed by atoms with E-state index < -0.39 is 0 Å². The van der Waals surface area contributed by atoms with Gasteiger partial charge in [-0.15, -0.1) is 0 Å². The number of benzene rings is 2. The third-order valence-electron chi connectivity index (χ3n) is 3.64. The lowest BCUT2D eigenvalue weighted by atomic mass is 10.0. The standard InChI is InChI=1S/C23H29P/c1-23(2,3)20-24(18-10-16-21-12-6-4-7-13-21)19-11-17-22-14-8-5-9-15-22/h4-17H,18-20H2,1-3H3/b16-10+,17-11+. The van der Waals surface area contributed by atoms with Crippen LogP contribution < -0.4 is 0 Å². The van der Waals surface area contributed by atoms with Crippen LogP contribution in [0.2, 0.25) is 0 Å². The van der Waals surface area contributed by atoms with Crippen LogP contribution >= 0.6 is 7.92 Å². The highest BCUT2D eigenvalue weighted by Crippen LogP contribution is 2.42. The first-order chi connectivity index (χ1) is 11.5. The molecule has 0 aromatic heterocycles. The molecule has 24 heavy (non-hydrogen) atoms. The van der Waals surface area contributed by atoms with Gasteiger partial charge >= 0.3 is 0 Å². The van der Waals surface area contributed by atoms with E-state index in [0.717, 1.165) is 0 Å². The average molecular weight is 336 g/mol. The predicted octanol–water partition coefficient (Wildman–Crippen LogP) is 6.94. The summed E-state index contributed by atoms with van der Waals surface area (Å²) < 4.78 is 0.